The lowest BCUT2D eigenvalue weighted by Gasteiger charge is -2.16. The largest absolute Gasteiger partial charge is 0.573 e. The summed E-state index contributed by atoms with van der Waals surface area (Å²) in [5.74, 6) is -0.917. The fourth-order valence-corrected chi connectivity index (χ4v) is 3.43. The maximum absolute atomic E-state index is 12.1. The monoisotopic (exact) mass is 363 g/mol. The van der Waals surface area contributed by atoms with E-state index in [0.29, 0.717) is 5.69 Å². The van der Waals surface area contributed by atoms with Gasteiger partial charge in [0.15, 0.2) is 0 Å². The van der Waals surface area contributed by atoms with E-state index in [1.165, 1.54) is 28.8 Å². The molecule has 10 heteroatoms. The van der Waals surface area contributed by atoms with Gasteiger partial charge in [0.05, 0.1) is 5.25 Å². The molecule has 132 valence electrons. The summed E-state index contributed by atoms with van der Waals surface area (Å²) in [5, 5.41) is 5.00. The number of anilines is 1. The summed E-state index contributed by atoms with van der Waals surface area (Å²) in [4.78, 5) is 25.5. The predicted octanol–water partition coefficient (Wildman–Crippen LogP) is 1.99. The predicted molar refractivity (Wildman–Crippen MR) is 83.4 cm³/mol. The molecule has 0 spiro atoms. The van der Waals surface area contributed by atoms with E-state index in [4.69, 9.17) is 0 Å². The van der Waals surface area contributed by atoms with Crippen LogP contribution in [0.4, 0.5) is 18.9 Å². The highest BCUT2D eigenvalue weighted by molar-refractivity contribution is 8.01. The molecule has 2 N–H and O–H groups in total. The fraction of sp³-hybridized carbons (Fsp3) is 0.429. The molecule has 24 heavy (non-hydrogen) atoms. The standard InChI is InChI=1S/C14H16F3N3O3S/c1-18-13-20(2)12(22)10(24-13)7-11(21)19-8-3-5-9(6-4-8)23-14(15,16)17/h3-6,10,13,18H,7H2,1-2H3,(H,19,21). The Labute approximate surface area is 140 Å². The highest BCUT2D eigenvalue weighted by Crippen LogP contribution is 2.31. The van der Waals surface area contributed by atoms with Crippen molar-refractivity contribution >= 4 is 29.3 Å². The third-order valence-electron chi connectivity index (χ3n) is 3.26. The second-order valence-electron chi connectivity index (χ2n) is 5.04. The van der Waals surface area contributed by atoms with Gasteiger partial charge in [0.25, 0.3) is 0 Å². The molecule has 1 aromatic carbocycles. The highest BCUT2D eigenvalue weighted by Gasteiger charge is 2.38. The van der Waals surface area contributed by atoms with Gasteiger partial charge < -0.3 is 15.0 Å². The average molecular weight is 363 g/mol. The summed E-state index contributed by atoms with van der Waals surface area (Å²) in [7, 11) is 3.36. The fourth-order valence-electron chi connectivity index (χ4n) is 2.17. The van der Waals surface area contributed by atoms with Crippen molar-refractivity contribution in [2.45, 2.75) is 23.5 Å². The van der Waals surface area contributed by atoms with Crippen LogP contribution in [0.3, 0.4) is 0 Å². The molecular formula is C14H16F3N3O3S. The SMILES string of the molecule is CNC1SC(CC(=O)Nc2ccc(OC(F)(F)F)cc2)C(=O)N1C. The van der Waals surface area contributed by atoms with Crippen LogP contribution in [0.5, 0.6) is 5.75 Å². The number of hydrogen-bond acceptors (Lipinski definition) is 5. The van der Waals surface area contributed by atoms with E-state index in [9.17, 15) is 22.8 Å². The van der Waals surface area contributed by atoms with Crippen molar-refractivity contribution in [3.63, 3.8) is 0 Å². The topological polar surface area (TPSA) is 70.7 Å². The Hall–Kier alpha value is -1.94. The summed E-state index contributed by atoms with van der Waals surface area (Å²) in [6, 6.07) is 4.79. The zero-order chi connectivity index (χ0) is 17.9. The summed E-state index contributed by atoms with van der Waals surface area (Å²) >= 11 is 1.33. The van der Waals surface area contributed by atoms with Crippen LogP contribution in [-0.4, -0.2) is 47.9 Å². The van der Waals surface area contributed by atoms with Crippen LogP contribution in [0.25, 0.3) is 0 Å². The van der Waals surface area contributed by atoms with Crippen molar-refractivity contribution in [1.29, 1.82) is 0 Å². The minimum absolute atomic E-state index is 0.0210. The first-order valence-corrected chi connectivity index (χ1v) is 7.89. The Morgan fingerprint density at radius 3 is 2.46 bits per heavy atom. The first-order valence-electron chi connectivity index (χ1n) is 6.94. The number of halogens is 3. The van der Waals surface area contributed by atoms with Crippen LogP contribution in [0, 0.1) is 0 Å². The molecule has 2 unspecified atom stereocenters. The minimum atomic E-state index is -4.76. The number of thioether (sulfide) groups is 1. The zero-order valence-electron chi connectivity index (χ0n) is 12.9. The van der Waals surface area contributed by atoms with Crippen molar-refractivity contribution in [2.75, 3.05) is 19.4 Å². The van der Waals surface area contributed by atoms with Gasteiger partial charge >= 0.3 is 6.36 Å². The second-order valence-corrected chi connectivity index (χ2v) is 6.33. The lowest BCUT2D eigenvalue weighted by atomic mass is 10.2. The first-order chi connectivity index (χ1) is 11.2. The number of alkyl halides is 3. The van der Waals surface area contributed by atoms with E-state index in [1.807, 2.05) is 0 Å². The van der Waals surface area contributed by atoms with Gasteiger partial charge in [-0.05, 0) is 31.3 Å². The quantitative estimate of drug-likeness (QED) is 0.837. The molecule has 1 heterocycles. The Bertz CT molecular complexity index is 610. The number of carbonyl (C=O) groups is 2. The van der Waals surface area contributed by atoms with Gasteiger partial charge in [-0.2, -0.15) is 0 Å². The van der Waals surface area contributed by atoms with Crippen molar-refractivity contribution in [3.8, 4) is 5.75 Å². The summed E-state index contributed by atoms with van der Waals surface area (Å²) in [5.41, 5.74) is 0.137. The van der Waals surface area contributed by atoms with Crippen LogP contribution in [0.1, 0.15) is 6.42 Å². The van der Waals surface area contributed by atoms with Gasteiger partial charge in [0.1, 0.15) is 11.2 Å². The lowest BCUT2D eigenvalue weighted by molar-refractivity contribution is -0.274. The molecule has 6 nitrogen and oxygen atoms in total. The number of amides is 2. The minimum Gasteiger partial charge on any atom is -0.406 e. The van der Waals surface area contributed by atoms with Gasteiger partial charge in [-0.1, -0.05) is 0 Å². The molecule has 2 amide bonds. The van der Waals surface area contributed by atoms with Gasteiger partial charge in [0.2, 0.25) is 11.8 Å². The maximum atomic E-state index is 12.1. The molecule has 1 fully saturated rings. The molecule has 1 saturated heterocycles. The maximum Gasteiger partial charge on any atom is 0.573 e. The molecule has 1 aliphatic rings. The normalized spacial score (nSPS) is 21.0. The van der Waals surface area contributed by atoms with Crippen molar-refractivity contribution < 1.29 is 27.5 Å². The molecule has 2 rings (SSSR count). The Morgan fingerprint density at radius 2 is 1.96 bits per heavy atom. The Morgan fingerprint density at radius 1 is 1.33 bits per heavy atom. The molecule has 0 aromatic heterocycles. The van der Waals surface area contributed by atoms with Gasteiger partial charge in [-0.25, -0.2) is 0 Å². The van der Waals surface area contributed by atoms with E-state index in [2.05, 4.69) is 15.4 Å². The van der Waals surface area contributed by atoms with Crippen LogP contribution in [0.2, 0.25) is 0 Å². The second kappa shape index (κ2) is 7.31. The van der Waals surface area contributed by atoms with Crippen LogP contribution < -0.4 is 15.4 Å². The molecular weight excluding hydrogens is 347 g/mol. The van der Waals surface area contributed by atoms with Crippen molar-refractivity contribution in [3.05, 3.63) is 24.3 Å². The van der Waals surface area contributed by atoms with Gasteiger partial charge in [0, 0.05) is 19.2 Å². The van der Waals surface area contributed by atoms with E-state index >= 15 is 0 Å². The van der Waals surface area contributed by atoms with E-state index in [1.54, 1.807) is 14.1 Å². The van der Waals surface area contributed by atoms with Crippen molar-refractivity contribution in [2.24, 2.45) is 0 Å². The third-order valence-corrected chi connectivity index (χ3v) is 4.76. The van der Waals surface area contributed by atoms with E-state index < -0.39 is 17.5 Å². The smallest absolute Gasteiger partial charge is 0.406 e. The van der Waals surface area contributed by atoms with Crippen LogP contribution >= 0.6 is 11.8 Å². The van der Waals surface area contributed by atoms with E-state index in [-0.39, 0.29) is 23.6 Å². The van der Waals surface area contributed by atoms with Crippen molar-refractivity contribution in [1.82, 2.24) is 10.2 Å². The van der Waals surface area contributed by atoms with Gasteiger partial charge in [-0.3, -0.25) is 14.9 Å². The summed E-state index contributed by atoms with van der Waals surface area (Å²) < 4.78 is 40.0. The summed E-state index contributed by atoms with van der Waals surface area (Å²) in [6.07, 6.45) is -4.78. The molecule has 1 aliphatic heterocycles. The number of nitrogens with zero attached hydrogens (tertiary/aromatic N) is 1. The molecule has 0 aliphatic carbocycles. The molecule has 1 aromatic rings. The summed E-state index contributed by atoms with van der Waals surface area (Å²) in [6.45, 7) is 0. The lowest BCUT2D eigenvalue weighted by Crippen LogP contribution is -2.37. The molecule has 0 bridgehead atoms. The number of ether oxygens (including phenoxy) is 1. The van der Waals surface area contributed by atoms with Crippen LogP contribution in [0.15, 0.2) is 24.3 Å². The zero-order valence-corrected chi connectivity index (χ0v) is 13.7. The Balaban J connectivity index is 1.90. The van der Waals surface area contributed by atoms with E-state index in [0.717, 1.165) is 12.1 Å². The highest BCUT2D eigenvalue weighted by atomic mass is 32.2. The first kappa shape index (κ1) is 18.4. The number of hydrogen-bond donors (Lipinski definition) is 2. The number of rotatable bonds is 5. The molecule has 0 radical (unpaired) electrons. The molecule has 2 atom stereocenters. The Kier molecular flexibility index (Phi) is 5.60. The van der Waals surface area contributed by atoms with Gasteiger partial charge in [-0.15, -0.1) is 24.9 Å². The molecule has 0 saturated carbocycles. The number of benzene rings is 1. The third kappa shape index (κ3) is 4.78. The average Bonchev–Trinajstić information content (AvgIpc) is 2.75. The van der Waals surface area contributed by atoms with Crippen LogP contribution in [-0.2, 0) is 9.59 Å². The number of carbonyl (C=O) groups excluding carboxylic acids is 2. The number of nitrogens with one attached hydrogen (secondary N) is 2.